The number of sulfonamides is 1. The molecular weight excluding hydrogens is 368 g/mol. The molecule has 8 heteroatoms. The molecule has 2 aromatic rings. The van der Waals surface area contributed by atoms with Crippen LogP contribution in [-0.4, -0.2) is 44.9 Å². The Morgan fingerprint density at radius 3 is 2.48 bits per heavy atom. The second-order valence-electron chi connectivity index (χ2n) is 6.39. The molecule has 0 saturated carbocycles. The number of anilines is 1. The van der Waals surface area contributed by atoms with E-state index in [9.17, 15) is 13.2 Å². The Morgan fingerprint density at radius 1 is 1.11 bits per heavy atom. The van der Waals surface area contributed by atoms with Gasteiger partial charge in [-0.1, -0.05) is 25.5 Å². The van der Waals surface area contributed by atoms with E-state index < -0.39 is 15.9 Å². The Hall–Kier alpha value is -2.16. The standard InChI is InChI=1S/C19H24N2O5S/c1-2-3-4-15-5-7-16(8-6-15)20-19(22)17-9-10-18(26-17)27(23,24)21-11-13-25-14-12-21/h5-10H,2-4,11-14H2,1H3,(H,20,22). The Labute approximate surface area is 159 Å². The summed E-state index contributed by atoms with van der Waals surface area (Å²) in [6.45, 7) is 3.39. The van der Waals surface area contributed by atoms with Crippen LogP contribution in [0.15, 0.2) is 45.9 Å². The summed E-state index contributed by atoms with van der Waals surface area (Å²) in [4.78, 5) is 12.4. The number of aryl methyl sites for hydroxylation is 1. The number of benzene rings is 1. The van der Waals surface area contributed by atoms with Crippen LogP contribution in [0.3, 0.4) is 0 Å². The minimum Gasteiger partial charge on any atom is -0.438 e. The van der Waals surface area contributed by atoms with Gasteiger partial charge in [-0.2, -0.15) is 4.31 Å². The maximum Gasteiger partial charge on any atom is 0.291 e. The Balaban J connectivity index is 1.66. The number of ether oxygens (including phenoxy) is 1. The highest BCUT2D eigenvalue weighted by atomic mass is 32.2. The molecular formula is C19H24N2O5S. The van der Waals surface area contributed by atoms with Crippen molar-refractivity contribution in [3.63, 3.8) is 0 Å². The number of furan rings is 1. The van der Waals surface area contributed by atoms with Gasteiger partial charge in [0.15, 0.2) is 5.76 Å². The van der Waals surface area contributed by atoms with Gasteiger partial charge in [0.2, 0.25) is 5.09 Å². The summed E-state index contributed by atoms with van der Waals surface area (Å²) in [5.41, 5.74) is 1.85. The van der Waals surface area contributed by atoms with Crippen molar-refractivity contribution in [2.75, 3.05) is 31.6 Å². The number of hydrogen-bond acceptors (Lipinski definition) is 5. The molecule has 1 aliphatic heterocycles. The van der Waals surface area contributed by atoms with Gasteiger partial charge < -0.3 is 14.5 Å². The molecule has 1 aromatic carbocycles. The average molecular weight is 392 g/mol. The number of amides is 1. The first kappa shape index (κ1) is 19.6. The van der Waals surface area contributed by atoms with Crippen molar-refractivity contribution < 1.29 is 22.4 Å². The van der Waals surface area contributed by atoms with E-state index in [0.717, 1.165) is 19.3 Å². The maximum atomic E-state index is 12.6. The zero-order chi connectivity index (χ0) is 19.3. The highest BCUT2D eigenvalue weighted by molar-refractivity contribution is 7.89. The lowest BCUT2D eigenvalue weighted by Gasteiger charge is -2.24. The van der Waals surface area contributed by atoms with Crippen molar-refractivity contribution >= 4 is 21.6 Å². The van der Waals surface area contributed by atoms with Crippen LogP contribution < -0.4 is 5.32 Å². The number of unbranched alkanes of at least 4 members (excludes halogenated alkanes) is 1. The van der Waals surface area contributed by atoms with Gasteiger partial charge in [0.05, 0.1) is 13.2 Å². The Morgan fingerprint density at radius 2 is 1.81 bits per heavy atom. The molecule has 7 nitrogen and oxygen atoms in total. The molecule has 0 atom stereocenters. The van der Waals surface area contributed by atoms with Crippen LogP contribution in [0.4, 0.5) is 5.69 Å². The summed E-state index contributed by atoms with van der Waals surface area (Å²) in [7, 11) is -3.76. The number of carbonyl (C=O) groups excluding carboxylic acids is 1. The number of nitrogens with zero attached hydrogens (tertiary/aromatic N) is 1. The summed E-state index contributed by atoms with van der Waals surface area (Å²) in [6, 6.07) is 10.3. The molecule has 0 spiro atoms. The van der Waals surface area contributed by atoms with E-state index in [1.807, 2.05) is 24.3 Å². The quantitative estimate of drug-likeness (QED) is 0.783. The van der Waals surface area contributed by atoms with Crippen molar-refractivity contribution in [1.82, 2.24) is 4.31 Å². The van der Waals surface area contributed by atoms with Crippen molar-refractivity contribution in [2.45, 2.75) is 31.3 Å². The van der Waals surface area contributed by atoms with Gasteiger partial charge in [-0.3, -0.25) is 4.79 Å². The molecule has 0 bridgehead atoms. The molecule has 27 heavy (non-hydrogen) atoms. The van der Waals surface area contributed by atoms with Gasteiger partial charge in [-0.05, 0) is 42.7 Å². The van der Waals surface area contributed by atoms with Crippen LogP contribution in [0.1, 0.15) is 35.9 Å². The van der Waals surface area contributed by atoms with Crippen LogP contribution in [0, 0.1) is 0 Å². The molecule has 2 heterocycles. The van der Waals surface area contributed by atoms with Gasteiger partial charge in [0.25, 0.3) is 15.9 Å². The van der Waals surface area contributed by atoms with Gasteiger partial charge >= 0.3 is 0 Å². The third-order valence-electron chi connectivity index (χ3n) is 4.40. The van der Waals surface area contributed by atoms with Crippen molar-refractivity contribution in [3.8, 4) is 0 Å². The van der Waals surface area contributed by atoms with E-state index in [2.05, 4.69) is 12.2 Å². The SMILES string of the molecule is CCCCc1ccc(NC(=O)c2ccc(S(=O)(=O)N3CCOCC3)o2)cc1. The molecule has 0 radical (unpaired) electrons. The lowest BCUT2D eigenvalue weighted by atomic mass is 10.1. The molecule has 0 unspecified atom stereocenters. The van der Waals surface area contributed by atoms with E-state index in [4.69, 9.17) is 9.15 Å². The topological polar surface area (TPSA) is 88.9 Å². The first-order chi connectivity index (χ1) is 13.0. The highest BCUT2D eigenvalue weighted by Gasteiger charge is 2.30. The molecule has 1 saturated heterocycles. The number of morpholine rings is 1. The minimum absolute atomic E-state index is 0.0445. The molecule has 1 aromatic heterocycles. The second-order valence-corrected chi connectivity index (χ2v) is 8.26. The summed E-state index contributed by atoms with van der Waals surface area (Å²) < 4.78 is 36.9. The van der Waals surface area contributed by atoms with Gasteiger partial charge in [0.1, 0.15) is 0 Å². The first-order valence-corrected chi connectivity index (χ1v) is 10.5. The van der Waals surface area contributed by atoms with E-state index in [0.29, 0.717) is 18.9 Å². The monoisotopic (exact) mass is 392 g/mol. The molecule has 1 amide bonds. The van der Waals surface area contributed by atoms with E-state index in [1.54, 1.807) is 0 Å². The number of nitrogens with one attached hydrogen (secondary N) is 1. The summed E-state index contributed by atoms with van der Waals surface area (Å²) >= 11 is 0. The predicted molar refractivity (Wildman–Crippen MR) is 101 cm³/mol. The zero-order valence-electron chi connectivity index (χ0n) is 15.3. The summed E-state index contributed by atoms with van der Waals surface area (Å²) in [6.07, 6.45) is 3.26. The third-order valence-corrected chi connectivity index (χ3v) is 6.17. The fourth-order valence-electron chi connectivity index (χ4n) is 2.82. The van der Waals surface area contributed by atoms with Crippen LogP contribution in [-0.2, 0) is 21.2 Å². The molecule has 1 N–H and O–H groups in total. The van der Waals surface area contributed by atoms with E-state index in [-0.39, 0.29) is 23.9 Å². The van der Waals surface area contributed by atoms with E-state index in [1.165, 1.54) is 22.0 Å². The molecule has 146 valence electrons. The molecule has 1 aliphatic rings. The largest absolute Gasteiger partial charge is 0.438 e. The summed E-state index contributed by atoms with van der Waals surface area (Å²) in [5.74, 6) is -0.531. The van der Waals surface area contributed by atoms with Crippen LogP contribution in [0.25, 0.3) is 0 Å². The van der Waals surface area contributed by atoms with E-state index >= 15 is 0 Å². The highest BCUT2D eigenvalue weighted by Crippen LogP contribution is 2.21. The Kier molecular flexibility index (Phi) is 6.30. The first-order valence-electron chi connectivity index (χ1n) is 9.08. The van der Waals surface area contributed by atoms with Crippen molar-refractivity contribution in [1.29, 1.82) is 0 Å². The van der Waals surface area contributed by atoms with Crippen molar-refractivity contribution in [3.05, 3.63) is 47.7 Å². The molecule has 1 fully saturated rings. The number of hydrogen-bond donors (Lipinski definition) is 1. The minimum atomic E-state index is -3.76. The smallest absolute Gasteiger partial charge is 0.291 e. The van der Waals surface area contributed by atoms with Gasteiger partial charge in [0, 0.05) is 18.8 Å². The lowest BCUT2D eigenvalue weighted by Crippen LogP contribution is -2.40. The predicted octanol–water partition coefficient (Wildman–Crippen LogP) is 2.90. The molecule has 3 rings (SSSR count). The zero-order valence-corrected chi connectivity index (χ0v) is 16.1. The van der Waals surface area contributed by atoms with Crippen LogP contribution in [0.2, 0.25) is 0 Å². The maximum absolute atomic E-state index is 12.6. The van der Waals surface area contributed by atoms with Crippen LogP contribution in [0.5, 0.6) is 0 Å². The Bertz CT molecular complexity index is 868. The van der Waals surface area contributed by atoms with Crippen LogP contribution >= 0.6 is 0 Å². The summed E-state index contributed by atoms with van der Waals surface area (Å²) in [5, 5.41) is 2.49. The van der Waals surface area contributed by atoms with Gasteiger partial charge in [-0.25, -0.2) is 8.42 Å². The number of rotatable bonds is 7. The second kappa shape index (κ2) is 8.69. The average Bonchev–Trinajstić information content (AvgIpc) is 3.19. The lowest BCUT2D eigenvalue weighted by molar-refractivity contribution is 0.0723. The van der Waals surface area contributed by atoms with Crippen molar-refractivity contribution in [2.24, 2.45) is 0 Å². The van der Waals surface area contributed by atoms with Gasteiger partial charge in [-0.15, -0.1) is 0 Å². The molecule has 0 aliphatic carbocycles. The normalized spacial score (nSPS) is 15.6. The fourth-order valence-corrected chi connectivity index (χ4v) is 4.14. The number of carbonyl (C=O) groups is 1. The third kappa shape index (κ3) is 4.77. The fraction of sp³-hybridized carbons (Fsp3) is 0.421.